The predicted molar refractivity (Wildman–Crippen MR) is 71.6 cm³/mol. The van der Waals surface area contributed by atoms with Crippen LogP contribution in [-0.4, -0.2) is 28.9 Å². The Morgan fingerprint density at radius 1 is 1.50 bits per heavy atom. The van der Waals surface area contributed by atoms with E-state index < -0.39 is 0 Å². The second-order valence-electron chi connectivity index (χ2n) is 4.74. The molecule has 0 radical (unpaired) electrons. The number of rotatable bonds is 4. The minimum absolute atomic E-state index is 0.258. The van der Waals surface area contributed by atoms with Crippen LogP contribution in [0.1, 0.15) is 31.9 Å². The van der Waals surface area contributed by atoms with Crippen LogP contribution in [-0.2, 0) is 6.42 Å². The first-order chi connectivity index (χ1) is 8.76. The Morgan fingerprint density at radius 2 is 2.33 bits per heavy atom. The molecular formula is C13H19ClFN3. The fourth-order valence-electron chi connectivity index (χ4n) is 2.51. The van der Waals surface area contributed by atoms with Crippen molar-refractivity contribution in [3.05, 3.63) is 17.8 Å². The van der Waals surface area contributed by atoms with Crippen LogP contribution in [0.4, 0.5) is 10.2 Å². The largest absolute Gasteiger partial charge is 0.354 e. The van der Waals surface area contributed by atoms with Gasteiger partial charge in [-0.2, -0.15) is 0 Å². The van der Waals surface area contributed by atoms with Gasteiger partial charge in [-0.3, -0.25) is 0 Å². The Labute approximate surface area is 112 Å². The van der Waals surface area contributed by atoms with E-state index in [9.17, 15) is 4.39 Å². The van der Waals surface area contributed by atoms with E-state index in [0.29, 0.717) is 29.7 Å². The van der Waals surface area contributed by atoms with Crippen molar-refractivity contribution in [2.24, 2.45) is 5.92 Å². The highest BCUT2D eigenvalue weighted by atomic mass is 35.5. The molecule has 2 rings (SSSR count). The van der Waals surface area contributed by atoms with Gasteiger partial charge in [0.25, 0.3) is 0 Å². The summed E-state index contributed by atoms with van der Waals surface area (Å²) in [6, 6.07) is 0. The van der Waals surface area contributed by atoms with Crippen LogP contribution in [0.2, 0.25) is 0 Å². The first kappa shape index (κ1) is 13.5. The second kappa shape index (κ2) is 6.32. The smallest absolute Gasteiger partial charge is 0.187 e. The lowest BCUT2D eigenvalue weighted by Gasteiger charge is -2.33. The van der Waals surface area contributed by atoms with Gasteiger partial charge in [-0.05, 0) is 31.6 Å². The monoisotopic (exact) mass is 271 g/mol. The van der Waals surface area contributed by atoms with Crippen molar-refractivity contribution < 1.29 is 4.39 Å². The third kappa shape index (κ3) is 2.91. The molecule has 1 unspecified atom stereocenters. The van der Waals surface area contributed by atoms with Crippen molar-refractivity contribution >= 4 is 17.4 Å². The fourth-order valence-corrected chi connectivity index (χ4v) is 2.82. The SMILES string of the molecule is CCc1ncnc(N2CCCC(CCCl)C2)c1F. The molecule has 0 saturated carbocycles. The molecule has 3 nitrogen and oxygen atoms in total. The van der Waals surface area contributed by atoms with Gasteiger partial charge in [0.15, 0.2) is 11.6 Å². The van der Waals surface area contributed by atoms with Gasteiger partial charge >= 0.3 is 0 Å². The van der Waals surface area contributed by atoms with Crippen LogP contribution < -0.4 is 4.90 Å². The van der Waals surface area contributed by atoms with Gasteiger partial charge < -0.3 is 4.90 Å². The summed E-state index contributed by atoms with van der Waals surface area (Å²) in [4.78, 5) is 10.1. The zero-order chi connectivity index (χ0) is 13.0. The topological polar surface area (TPSA) is 29.0 Å². The van der Waals surface area contributed by atoms with E-state index in [0.717, 1.165) is 25.9 Å². The van der Waals surface area contributed by atoms with Crippen molar-refractivity contribution in [2.75, 3.05) is 23.9 Å². The molecule has 1 saturated heterocycles. The summed E-state index contributed by atoms with van der Waals surface area (Å²) < 4.78 is 14.2. The highest BCUT2D eigenvalue weighted by Gasteiger charge is 2.23. The number of aryl methyl sites for hydroxylation is 1. The Bertz CT molecular complexity index is 398. The maximum atomic E-state index is 14.2. The van der Waals surface area contributed by atoms with Gasteiger partial charge in [-0.15, -0.1) is 11.6 Å². The van der Waals surface area contributed by atoms with Crippen LogP contribution >= 0.6 is 11.6 Å². The molecular weight excluding hydrogens is 253 g/mol. The molecule has 0 aliphatic carbocycles. The second-order valence-corrected chi connectivity index (χ2v) is 5.12. The molecule has 0 bridgehead atoms. The van der Waals surface area contributed by atoms with Crippen molar-refractivity contribution in [1.82, 2.24) is 9.97 Å². The van der Waals surface area contributed by atoms with Crippen molar-refractivity contribution in [2.45, 2.75) is 32.6 Å². The molecule has 2 heterocycles. The van der Waals surface area contributed by atoms with E-state index in [2.05, 4.69) is 9.97 Å². The van der Waals surface area contributed by atoms with E-state index in [1.54, 1.807) is 0 Å². The predicted octanol–water partition coefficient (Wildman–Crippen LogP) is 3.02. The summed E-state index contributed by atoms with van der Waals surface area (Å²) in [5.74, 6) is 1.42. The van der Waals surface area contributed by atoms with Crippen LogP contribution in [0, 0.1) is 11.7 Å². The number of piperidine rings is 1. The van der Waals surface area contributed by atoms with Crippen molar-refractivity contribution in [3.8, 4) is 0 Å². The van der Waals surface area contributed by atoms with E-state index in [-0.39, 0.29) is 5.82 Å². The van der Waals surface area contributed by atoms with Gasteiger partial charge in [-0.1, -0.05) is 6.92 Å². The number of nitrogens with zero attached hydrogens (tertiary/aromatic N) is 3. The number of anilines is 1. The quantitative estimate of drug-likeness (QED) is 0.789. The zero-order valence-corrected chi connectivity index (χ0v) is 11.5. The first-order valence-electron chi connectivity index (χ1n) is 6.56. The van der Waals surface area contributed by atoms with E-state index in [1.807, 2.05) is 11.8 Å². The minimum Gasteiger partial charge on any atom is -0.354 e. The molecule has 0 N–H and O–H groups in total. The Balaban J connectivity index is 2.15. The summed E-state index contributed by atoms with van der Waals surface area (Å²) in [6.07, 6.45) is 5.30. The van der Waals surface area contributed by atoms with Crippen LogP contribution in [0.25, 0.3) is 0 Å². The van der Waals surface area contributed by atoms with Gasteiger partial charge in [0.1, 0.15) is 6.33 Å². The van der Waals surface area contributed by atoms with E-state index >= 15 is 0 Å². The number of hydrogen-bond donors (Lipinski definition) is 0. The molecule has 100 valence electrons. The number of aromatic nitrogens is 2. The summed E-state index contributed by atoms with van der Waals surface area (Å²) in [5.41, 5.74) is 0.500. The lowest BCUT2D eigenvalue weighted by atomic mass is 9.95. The molecule has 1 aromatic rings. The molecule has 1 aliphatic rings. The Hall–Kier alpha value is -0.900. The summed E-state index contributed by atoms with van der Waals surface area (Å²) in [5, 5.41) is 0. The third-order valence-electron chi connectivity index (χ3n) is 3.51. The highest BCUT2D eigenvalue weighted by Crippen LogP contribution is 2.26. The maximum absolute atomic E-state index is 14.2. The maximum Gasteiger partial charge on any atom is 0.187 e. The van der Waals surface area contributed by atoms with Crippen LogP contribution in [0.15, 0.2) is 6.33 Å². The van der Waals surface area contributed by atoms with E-state index in [1.165, 1.54) is 12.7 Å². The number of alkyl halides is 1. The van der Waals surface area contributed by atoms with Crippen molar-refractivity contribution in [3.63, 3.8) is 0 Å². The van der Waals surface area contributed by atoms with Gasteiger partial charge in [-0.25, -0.2) is 14.4 Å². The zero-order valence-electron chi connectivity index (χ0n) is 10.7. The first-order valence-corrected chi connectivity index (χ1v) is 7.10. The number of halogens is 2. The Morgan fingerprint density at radius 3 is 3.06 bits per heavy atom. The highest BCUT2D eigenvalue weighted by molar-refractivity contribution is 6.17. The molecule has 0 aromatic carbocycles. The number of hydrogen-bond acceptors (Lipinski definition) is 3. The van der Waals surface area contributed by atoms with E-state index in [4.69, 9.17) is 11.6 Å². The standard InChI is InChI=1S/C13H19ClFN3/c1-2-11-12(15)13(17-9-16-11)18-7-3-4-10(8-18)5-6-14/h9-10H,2-8H2,1H3. The third-order valence-corrected chi connectivity index (χ3v) is 3.73. The van der Waals surface area contributed by atoms with Crippen LogP contribution in [0.3, 0.4) is 0 Å². The average Bonchev–Trinajstić information content (AvgIpc) is 2.40. The minimum atomic E-state index is -0.258. The summed E-state index contributed by atoms with van der Waals surface area (Å²) >= 11 is 5.79. The van der Waals surface area contributed by atoms with Crippen molar-refractivity contribution in [1.29, 1.82) is 0 Å². The molecule has 5 heteroatoms. The fraction of sp³-hybridized carbons (Fsp3) is 0.692. The molecule has 0 amide bonds. The lowest BCUT2D eigenvalue weighted by Crippen LogP contribution is -2.37. The molecule has 18 heavy (non-hydrogen) atoms. The molecule has 1 atom stereocenters. The summed E-state index contributed by atoms with van der Waals surface area (Å²) in [6.45, 7) is 3.63. The normalized spacial score (nSPS) is 20.2. The van der Waals surface area contributed by atoms with Gasteiger partial charge in [0, 0.05) is 19.0 Å². The molecule has 1 aliphatic heterocycles. The summed E-state index contributed by atoms with van der Waals surface area (Å²) in [7, 11) is 0. The van der Waals surface area contributed by atoms with Gasteiger partial charge in [0.05, 0.1) is 5.69 Å². The molecule has 1 aromatic heterocycles. The molecule has 1 fully saturated rings. The Kier molecular flexibility index (Phi) is 4.75. The lowest BCUT2D eigenvalue weighted by molar-refractivity contribution is 0.400. The molecule has 0 spiro atoms. The van der Waals surface area contributed by atoms with Gasteiger partial charge in [0.2, 0.25) is 0 Å². The average molecular weight is 272 g/mol. The van der Waals surface area contributed by atoms with Crippen LogP contribution in [0.5, 0.6) is 0 Å².